The predicted octanol–water partition coefficient (Wildman–Crippen LogP) is 5.12. The summed E-state index contributed by atoms with van der Waals surface area (Å²) in [6, 6.07) is 13.9. The van der Waals surface area contributed by atoms with Crippen molar-refractivity contribution in [2.75, 3.05) is 0 Å². The van der Waals surface area contributed by atoms with Gasteiger partial charge in [-0.05, 0) is 62.1 Å². The summed E-state index contributed by atoms with van der Waals surface area (Å²) < 4.78 is 2.54. The maximum atomic E-state index is 2.54. The Bertz CT molecular complexity index is 977. The molecule has 116 valence electrons. The van der Waals surface area contributed by atoms with Crippen molar-refractivity contribution in [1.29, 1.82) is 0 Å². The Morgan fingerprint density at radius 3 is 2.17 bits per heavy atom. The van der Waals surface area contributed by atoms with Gasteiger partial charge in [0.25, 0.3) is 0 Å². The van der Waals surface area contributed by atoms with E-state index in [1.165, 1.54) is 50.0 Å². The van der Waals surface area contributed by atoms with Crippen LogP contribution < -0.4 is 4.57 Å². The number of benzene rings is 2. The number of hydrogen-bond acceptors (Lipinski definition) is 0. The Labute approximate surface area is 138 Å². The van der Waals surface area contributed by atoms with E-state index in [2.05, 4.69) is 82.5 Å². The minimum atomic E-state index is -0.0256. The zero-order chi connectivity index (χ0) is 16.5. The monoisotopic (exact) mass is 302 g/mol. The quantitative estimate of drug-likeness (QED) is 0.507. The highest BCUT2D eigenvalue weighted by atomic mass is 15.1. The first-order valence-electron chi connectivity index (χ1n) is 8.39. The lowest BCUT2D eigenvalue weighted by atomic mass is 9.88. The van der Waals surface area contributed by atoms with Gasteiger partial charge in [-0.25, -0.2) is 0 Å². The van der Waals surface area contributed by atoms with Crippen molar-refractivity contribution in [3.05, 3.63) is 64.2 Å². The Kier molecular flexibility index (Phi) is 2.79. The highest BCUT2D eigenvalue weighted by molar-refractivity contribution is 5.83. The van der Waals surface area contributed by atoms with Crippen LogP contribution in [0.3, 0.4) is 0 Å². The molecule has 3 aromatic rings. The molecule has 2 aromatic carbocycles. The topological polar surface area (TPSA) is 3.88 Å². The van der Waals surface area contributed by atoms with Gasteiger partial charge in [0, 0.05) is 36.9 Å². The van der Waals surface area contributed by atoms with Crippen molar-refractivity contribution < 1.29 is 4.57 Å². The summed E-state index contributed by atoms with van der Waals surface area (Å²) >= 11 is 0. The fourth-order valence-corrected chi connectivity index (χ4v) is 4.63. The molecule has 1 aliphatic heterocycles. The third kappa shape index (κ3) is 1.83. The molecule has 0 spiro atoms. The summed E-state index contributed by atoms with van der Waals surface area (Å²) in [5.74, 6) is 0. The molecular weight excluding hydrogens is 278 g/mol. The second kappa shape index (κ2) is 4.44. The van der Waals surface area contributed by atoms with Gasteiger partial charge in [-0.3, -0.25) is 0 Å². The van der Waals surface area contributed by atoms with Crippen LogP contribution in [0.25, 0.3) is 22.2 Å². The smallest absolute Gasteiger partial charge is 0.182 e. The lowest BCUT2D eigenvalue weighted by molar-refractivity contribution is -0.707. The number of hydrogen-bond donors (Lipinski definition) is 0. The number of nitrogens with zero attached hydrogens (tertiary/aromatic N) is 1. The van der Waals surface area contributed by atoms with Gasteiger partial charge in [0.1, 0.15) is 0 Å². The molecule has 0 aliphatic carbocycles. The van der Waals surface area contributed by atoms with Gasteiger partial charge in [-0.2, -0.15) is 4.57 Å². The fraction of sp³-hybridized carbons (Fsp3) is 0.318. The molecule has 0 unspecified atom stereocenters. The summed E-state index contributed by atoms with van der Waals surface area (Å²) in [4.78, 5) is 0. The highest BCUT2D eigenvalue weighted by Gasteiger charge is 2.46. The van der Waals surface area contributed by atoms with E-state index in [0.29, 0.717) is 0 Å². The number of pyridine rings is 1. The van der Waals surface area contributed by atoms with E-state index in [9.17, 15) is 0 Å². The van der Waals surface area contributed by atoms with Crippen LogP contribution in [-0.4, -0.2) is 0 Å². The summed E-state index contributed by atoms with van der Waals surface area (Å²) in [5, 5.41) is 1.36. The largest absolute Gasteiger partial charge is 0.214 e. The fourth-order valence-electron chi connectivity index (χ4n) is 4.63. The molecule has 23 heavy (non-hydrogen) atoms. The first-order chi connectivity index (χ1) is 10.8. The van der Waals surface area contributed by atoms with Crippen LogP contribution in [0.1, 0.15) is 41.7 Å². The zero-order valence-corrected chi connectivity index (χ0v) is 14.9. The van der Waals surface area contributed by atoms with Gasteiger partial charge >= 0.3 is 0 Å². The molecule has 0 N–H and O–H groups in total. The van der Waals surface area contributed by atoms with E-state index in [4.69, 9.17) is 0 Å². The van der Waals surface area contributed by atoms with Crippen LogP contribution in [0.2, 0.25) is 0 Å². The summed E-state index contributed by atoms with van der Waals surface area (Å²) in [7, 11) is 0. The normalized spacial score (nSPS) is 14.9. The van der Waals surface area contributed by atoms with Crippen molar-refractivity contribution in [1.82, 2.24) is 0 Å². The minimum absolute atomic E-state index is 0.0256. The van der Waals surface area contributed by atoms with Gasteiger partial charge in [-0.1, -0.05) is 12.1 Å². The van der Waals surface area contributed by atoms with Crippen LogP contribution >= 0.6 is 0 Å². The van der Waals surface area contributed by atoms with Crippen LogP contribution in [-0.2, 0) is 5.54 Å². The molecule has 0 saturated heterocycles. The lowest BCUT2D eigenvalue weighted by Crippen LogP contribution is -2.51. The van der Waals surface area contributed by atoms with E-state index in [0.717, 1.165) is 0 Å². The summed E-state index contributed by atoms with van der Waals surface area (Å²) in [5.41, 5.74) is 10.9. The molecular formula is C22H24N+. The summed E-state index contributed by atoms with van der Waals surface area (Å²) in [6.07, 6.45) is 0. The van der Waals surface area contributed by atoms with E-state index in [1.54, 1.807) is 0 Å². The van der Waals surface area contributed by atoms with Crippen molar-refractivity contribution in [3.63, 3.8) is 0 Å². The number of fused-ring (bicyclic) bond motifs is 5. The highest BCUT2D eigenvalue weighted by Crippen LogP contribution is 2.41. The first kappa shape index (κ1) is 14.4. The lowest BCUT2D eigenvalue weighted by Gasteiger charge is -2.19. The molecule has 1 aromatic heterocycles. The van der Waals surface area contributed by atoms with Crippen molar-refractivity contribution in [2.24, 2.45) is 0 Å². The predicted molar refractivity (Wildman–Crippen MR) is 97.0 cm³/mol. The Balaban J connectivity index is 2.20. The van der Waals surface area contributed by atoms with Gasteiger partial charge in [-0.15, -0.1) is 0 Å². The van der Waals surface area contributed by atoms with Crippen LogP contribution in [0.15, 0.2) is 36.4 Å². The molecule has 0 radical (unpaired) electrons. The molecule has 0 atom stereocenters. The number of aromatic nitrogens is 1. The van der Waals surface area contributed by atoms with Crippen LogP contribution in [0.5, 0.6) is 0 Å². The first-order valence-corrected chi connectivity index (χ1v) is 8.39. The molecule has 1 heteroatoms. The zero-order valence-electron chi connectivity index (χ0n) is 14.9. The van der Waals surface area contributed by atoms with Gasteiger partial charge in [0.15, 0.2) is 5.54 Å². The SMILES string of the molecule is Cc1cc(C)c2c(c1)-c1ccc3c(C)cc(C)cc3[n+]1C2(C)C. The van der Waals surface area contributed by atoms with Gasteiger partial charge in [0.05, 0.1) is 5.56 Å². The Morgan fingerprint density at radius 1 is 0.783 bits per heavy atom. The second-order valence-electron chi connectivity index (χ2n) is 7.63. The van der Waals surface area contributed by atoms with Crippen molar-refractivity contribution >= 4 is 10.9 Å². The molecule has 0 amide bonds. The maximum absolute atomic E-state index is 2.54. The van der Waals surface area contributed by atoms with E-state index in [-0.39, 0.29) is 5.54 Å². The third-order valence-corrected chi connectivity index (χ3v) is 5.33. The number of aryl methyl sites for hydroxylation is 4. The van der Waals surface area contributed by atoms with Crippen molar-refractivity contribution in [3.8, 4) is 11.3 Å². The average molecular weight is 302 g/mol. The van der Waals surface area contributed by atoms with Gasteiger partial charge < -0.3 is 0 Å². The van der Waals surface area contributed by atoms with Gasteiger partial charge in [0.2, 0.25) is 11.2 Å². The molecule has 1 aliphatic rings. The van der Waals surface area contributed by atoms with E-state index < -0.39 is 0 Å². The summed E-state index contributed by atoms with van der Waals surface area (Å²) in [6.45, 7) is 13.5. The molecule has 4 rings (SSSR count). The van der Waals surface area contributed by atoms with Crippen LogP contribution in [0, 0.1) is 27.7 Å². The Morgan fingerprint density at radius 2 is 1.43 bits per heavy atom. The van der Waals surface area contributed by atoms with Crippen molar-refractivity contribution in [2.45, 2.75) is 47.1 Å². The van der Waals surface area contributed by atoms with Crippen LogP contribution in [0.4, 0.5) is 0 Å². The van der Waals surface area contributed by atoms with E-state index in [1.807, 2.05) is 0 Å². The molecule has 0 saturated carbocycles. The second-order valence-corrected chi connectivity index (χ2v) is 7.63. The number of rotatable bonds is 0. The molecule has 0 fully saturated rings. The molecule has 0 bridgehead atoms. The third-order valence-electron chi connectivity index (χ3n) is 5.33. The molecule has 2 heterocycles. The average Bonchev–Trinajstić information content (AvgIpc) is 2.66. The standard InChI is InChI=1S/C22H24N/c1-13-10-16(4)21-18(11-13)19-8-7-17-15(3)9-14(2)12-20(17)23(19)22(21,5)6/h7-12H,1-6H3/q+1. The Hall–Kier alpha value is -2.15. The maximum Gasteiger partial charge on any atom is 0.214 e. The van der Waals surface area contributed by atoms with E-state index >= 15 is 0 Å². The molecule has 1 nitrogen and oxygen atoms in total. The minimum Gasteiger partial charge on any atom is -0.182 e.